The normalized spacial score (nSPS) is 12.8. The van der Waals surface area contributed by atoms with Gasteiger partial charge in [-0.3, -0.25) is 9.69 Å². The fraction of sp³-hybridized carbons (Fsp3) is 0.333. The molecule has 0 saturated carbocycles. The molecular formula is C12H14N2O3S. The topological polar surface area (TPSA) is 66.6 Å². The van der Waals surface area contributed by atoms with Crippen molar-refractivity contribution in [3.63, 3.8) is 0 Å². The smallest absolute Gasteiger partial charge is 0.320 e. The lowest BCUT2D eigenvalue weighted by molar-refractivity contribution is -0.142. The molecule has 18 heavy (non-hydrogen) atoms. The van der Waals surface area contributed by atoms with Crippen molar-refractivity contribution < 1.29 is 14.3 Å². The highest BCUT2D eigenvalue weighted by Crippen LogP contribution is 2.24. The molecule has 96 valence electrons. The first-order valence-electron chi connectivity index (χ1n) is 5.49. The number of nitrogens with zero attached hydrogens (tertiary/aromatic N) is 2. The fourth-order valence-electron chi connectivity index (χ4n) is 1.47. The van der Waals surface area contributed by atoms with Crippen LogP contribution in [-0.4, -0.2) is 34.0 Å². The van der Waals surface area contributed by atoms with Crippen molar-refractivity contribution >= 4 is 17.3 Å². The van der Waals surface area contributed by atoms with Crippen LogP contribution in [0.25, 0.3) is 10.8 Å². The summed E-state index contributed by atoms with van der Waals surface area (Å²) < 4.78 is 5.26. The first-order chi connectivity index (χ1) is 8.58. The van der Waals surface area contributed by atoms with Crippen molar-refractivity contribution in [1.82, 2.24) is 9.88 Å². The summed E-state index contributed by atoms with van der Waals surface area (Å²) in [6.45, 7) is 2.16. The van der Waals surface area contributed by atoms with Gasteiger partial charge in [-0.15, -0.1) is 11.3 Å². The Morgan fingerprint density at radius 3 is 3.06 bits per heavy atom. The number of thiazole rings is 1. The van der Waals surface area contributed by atoms with Crippen LogP contribution in [0.2, 0.25) is 0 Å². The highest BCUT2D eigenvalue weighted by molar-refractivity contribution is 7.13. The van der Waals surface area contributed by atoms with Gasteiger partial charge in [-0.25, -0.2) is 4.98 Å². The molecule has 2 heterocycles. The second-order valence-corrected chi connectivity index (χ2v) is 4.91. The molecule has 0 aliphatic rings. The highest BCUT2D eigenvalue weighted by atomic mass is 32.1. The predicted octanol–water partition coefficient (Wildman–Crippen LogP) is 2.31. The third-order valence-corrected chi connectivity index (χ3v) is 3.62. The standard InChI is InChI=1S/C12H14N2O3S/c1-8(12(15)16)14(2)6-9-7-18-11(13-9)10-4-3-5-17-10/h3-5,7-8H,6H2,1-2H3,(H,15,16). The van der Waals surface area contributed by atoms with E-state index in [-0.39, 0.29) is 0 Å². The van der Waals surface area contributed by atoms with E-state index in [2.05, 4.69) is 4.98 Å². The second kappa shape index (κ2) is 5.32. The van der Waals surface area contributed by atoms with E-state index in [0.29, 0.717) is 6.54 Å². The van der Waals surface area contributed by atoms with Crippen molar-refractivity contribution in [1.29, 1.82) is 0 Å². The van der Waals surface area contributed by atoms with Crippen molar-refractivity contribution in [2.75, 3.05) is 7.05 Å². The Kier molecular flexibility index (Phi) is 3.78. The molecule has 0 aliphatic heterocycles. The van der Waals surface area contributed by atoms with Crippen LogP contribution in [0.1, 0.15) is 12.6 Å². The van der Waals surface area contributed by atoms with Gasteiger partial charge in [-0.1, -0.05) is 0 Å². The van der Waals surface area contributed by atoms with Crippen LogP contribution in [0.3, 0.4) is 0 Å². The SMILES string of the molecule is CC(C(=O)O)N(C)Cc1csc(-c2ccco2)n1. The molecule has 0 aromatic carbocycles. The van der Waals surface area contributed by atoms with Gasteiger partial charge < -0.3 is 9.52 Å². The summed E-state index contributed by atoms with van der Waals surface area (Å²) in [4.78, 5) is 17.0. The van der Waals surface area contributed by atoms with Gasteiger partial charge in [0.05, 0.1) is 12.0 Å². The molecular weight excluding hydrogens is 252 g/mol. The Hall–Kier alpha value is -1.66. The molecule has 2 rings (SSSR count). The monoisotopic (exact) mass is 266 g/mol. The number of rotatable bonds is 5. The molecule has 0 aliphatic carbocycles. The maximum absolute atomic E-state index is 10.8. The van der Waals surface area contributed by atoms with Crippen molar-refractivity contribution in [3.8, 4) is 10.8 Å². The maximum atomic E-state index is 10.8. The van der Waals surface area contributed by atoms with E-state index in [9.17, 15) is 4.79 Å². The van der Waals surface area contributed by atoms with E-state index in [1.54, 1.807) is 25.1 Å². The van der Waals surface area contributed by atoms with Crippen molar-refractivity contribution in [2.24, 2.45) is 0 Å². The Morgan fingerprint density at radius 2 is 2.44 bits per heavy atom. The van der Waals surface area contributed by atoms with E-state index in [0.717, 1.165) is 16.5 Å². The lowest BCUT2D eigenvalue weighted by atomic mass is 10.3. The number of likely N-dealkylation sites (N-methyl/N-ethyl adjacent to an activating group) is 1. The van der Waals surface area contributed by atoms with Crippen LogP contribution >= 0.6 is 11.3 Å². The average Bonchev–Trinajstić information content (AvgIpc) is 2.96. The van der Waals surface area contributed by atoms with Gasteiger partial charge >= 0.3 is 5.97 Å². The van der Waals surface area contributed by atoms with Gasteiger partial charge in [0.2, 0.25) is 0 Å². The number of furan rings is 1. The summed E-state index contributed by atoms with van der Waals surface area (Å²) in [5.41, 5.74) is 0.849. The number of aliphatic carboxylic acids is 1. The summed E-state index contributed by atoms with van der Waals surface area (Å²) >= 11 is 1.49. The molecule has 1 unspecified atom stereocenters. The number of carboxylic acid groups (broad SMARTS) is 1. The molecule has 1 atom stereocenters. The summed E-state index contributed by atoms with van der Waals surface area (Å²) in [5, 5.41) is 11.6. The number of carbonyl (C=O) groups is 1. The number of hydrogen-bond acceptors (Lipinski definition) is 5. The quantitative estimate of drug-likeness (QED) is 0.899. The van der Waals surface area contributed by atoms with Gasteiger partial charge in [0, 0.05) is 11.9 Å². The Labute approximate surface area is 109 Å². The zero-order valence-corrected chi connectivity index (χ0v) is 11.0. The van der Waals surface area contributed by atoms with Crippen LogP contribution in [0.15, 0.2) is 28.2 Å². The Balaban J connectivity index is 2.05. The van der Waals surface area contributed by atoms with Crippen LogP contribution in [0.5, 0.6) is 0 Å². The minimum atomic E-state index is -0.834. The van der Waals surface area contributed by atoms with Gasteiger partial charge in [-0.05, 0) is 26.1 Å². The maximum Gasteiger partial charge on any atom is 0.320 e. The average molecular weight is 266 g/mol. The lowest BCUT2D eigenvalue weighted by Gasteiger charge is -2.19. The predicted molar refractivity (Wildman–Crippen MR) is 68.4 cm³/mol. The summed E-state index contributed by atoms with van der Waals surface area (Å²) in [6, 6.07) is 3.14. The molecule has 2 aromatic rings. The third-order valence-electron chi connectivity index (χ3n) is 2.71. The molecule has 0 amide bonds. The molecule has 0 bridgehead atoms. The summed E-state index contributed by atoms with van der Waals surface area (Å²) in [7, 11) is 1.77. The van der Waals surface area contributed by atoms with Gasteiger partial charge in [0.1, 0.15) is 6.04 Å². The van der Waals surface area contributed by atoms with Crippen LogP contribution in [0.4, 0.5) is 0 Å². The zero-order valence-electron chi connectivity index (χ0n) is 10.2. The summed E-state index contributed by atoms with van der Waals surface area (Å²) in [5.74, 6) is -0.0980. The van der Waals surface area contributed by atoms with Crippen LogP contribution in [0, 0.1) is 0 Å². The molecule has 0 spiro atoms. The van der Waals surface area contributed by atoms with E-state index < -0.39 is 12.0 Å². The molecule has 1 N–H and O–H groups in total. The number of carboxylic acids is 1. The van der Waals surface area contributed by atoms with Gasteiger partial charge in [-0.2, -0.15) is 0 Å². The minimum Gasteiger partial charge on any atom is -0.480 e. The molecule has 0 fully saturated rings. The number of hydrogen-bond donors (Lipinski definition) is 1. The third kappa shape index (κ3) is 2.77. The van der Waals surface area contributed by atoms with E-state index in [4.69, 9.17) is 9.52 Å². The summed E-state index contributed by atoms with van der Waals surface area (Å²) in [6.07, 6.45) is 1.61. The van der Waals surface area contributed by atoms with Crippen LogP contribution in [-0.2, 0) is 11.3 Å². The zero-order chi connectivity index (χ0) is 13.1. The Bertz CT molecular complexity index is 521. The van der Waals surface area contributed by atoms with E-state index in [1.165, 1.54) is 11.3 Å². The van der Waals surface area contributed by atoms with Gasteiger partial charge in [0.15, 0.2) is 10.8 Å². The number of aromatic nitrogens is 1. The van der Waals surface area contributed by atoms with E-state index in [1.807, 2.05) is 17.5 Å². The fourth-order valence-corrected chi connectivity index (χ4v) is 2.25. The highest BCUT2D eigenvalue weighted by Gasteiger charge is 2.18. The van der Waals surface area contributed by atoms with Crippen molar-refractivity contribution in [3.05, 3.63) is 29.5 Å². The molecule has 5 nitrogen and oxygen atoms in total. The molecule has 2 aromatic heterocycles. The molecule has 0 saturated heterocycles. The molecule has 0 radical (unpaired) electrons. The second-order valence-electron chi connectivity index (χ2n) is 4.05. The first kappa shape index (κ1) is 12.8. The largest absolute Gasteiger partial charge is 0.480 e. The first-order valence-corrected chi connectivity index (χ1v) is 6.37. The van der Waals surface area contributed by atoms with E-state index >= 15 is 0 Å². The molecule has 6 heteroatoms. The van der Waals surface area contributed by atoms with Crippen molar-refractivity contribution in [2.45, 2.75) is 19.5 Å². The minimum absolute atomic E-state index is 0.505. The Morgan fingerprint density at radius 1 is 1.67 bits per heavy atom. The van der Waals surface area contributed by atoms with Gasteiger partial charge in [0.25, 0.3) is 0 Å². The van der Waals surface area contributed by atoms with Crippen LogP contribution < -0.4 is 0 Å². The lowest BCUT2D eigenvalue weighted by Crippen LogP contribution is -2.35.